The zero-order valence-electron chi connectivity index (χ0n) is 16.9. The fourth-order valence-corrected chi connectivity index (χ4v) is 5.10. The van der Waals surface area contributed by atoms with E-state index in [0.717, 1.165) is 17.8 Å². The third kappa shape index (κ3) is 3.32. The van der Waals surface area contributed by atoms with Crippen molar-refractivity contribution in [3.8, 4) is 0 Å². The van der Waals surface area contributed by atoms with Gasteiger partial charge >= 0.3 is 0 Å². The van der Waals surface area contributed by atoms with E-state index >= 15 is 0 Å². The van der Waals surface area contributed by atoms with Gasteiger partial charge in [-0.3, -0.25) is 9.69 Å². The highest BCUT2D eigenvalue weighted by molar-refractivity contribution is 5.96. The van der Waals surface area contributed by atoms with E-state index in [1.54, 1.807) is 0 Å². The molecule has 0 unspecified atom stereocenters. The molecule has 30 heavy (non-hydrogen) atoms. The Morgan fingerprint density at radius 1 is 0.867 bits per heavy atom. The normalized spacial score (nSPS) is 22.7. The van der Waals surface area contributed by atoms with Crippen molar-refractivity contribution in [3.05, 3.63) is 102 Å². The third-order valence-corrected chi connectivity index (χ3v) is 6.53. The van der Waals surface area contributed by atoms with Crippen molar-refractivity contribution in [2.75, 3.05) is 18.1 Å². The molecule has 1 saturated heterocycles. The van der Waals surface area contributed by atoms with Crippen LogP contribution in [0.15, 0.2) is 84.9 Å². The van der Waals surface area contributed by atoms with Gasteiger partial charge in [0.2, 0.25) is 5.91 Å². The largest absolute Gasteiger partial charge is 0.395 e. The van der Waals surface area contributed by atoms with Gasteiger partial charge in [-0.15, -0.1) is 0 Å². The van der Waals surface area contributed by atoms with Crippen LogP contribution in [0.4, 0.5) is 5.69 Å². The number of nitrogens with zero attached hydrogens (tertiary/aromatic N) is 2. The molecule has 1 N–H and O–H groups in total. The lowest BCUT2D eigenvalue weighted by Crippen LogP contribution is -2.68. The molecule has 5 rings (SSSR count). The Hall–Kier alpha value is -2.95. The van der Waals surface area contributed by atoms with Crippen LogP contribution in [0.2, 0.25) is 0 Å². The van der Waals surface area contributed by atoms with Crippen LogP contribution in [-0.2, 0) is 17.8 Å². The van der Waals surface area contributed by atoms with Crippen LogP contribution in [-0.4, -0.2) is 41.1 Å². The number of likely N-dealkylation sites (tertiary alicyclic amines) is 1. The maximum absolute atomic E-state index is 13.3. The molecule has 0 saturated carbocycles. The number of anilines is 1. The van der Waals surface area contributed by atoms with E-state index in [0.29, 0.717) is 13.0 Å². The first-order valence-corrected chi connectivity index (χ1v) is 10.6. The van der Waals surface area contributed by atoms with Crippen molar-refractivity contribution < 1.29 is 9.90 Å². The van der Waals surface area contributed by atoms with Gasteiger partial charge in [0.05, 0.1) is 13.0 Å². The Morgan fingerprint density at radius 2 is 1.50 bits per heavy atom. The van der Waals surface area contributed by atoms with E-state index in [1.165, 1.54) is 11.1 Å². The first-order chi connectivity index (χ1) is 14.8. The molecule has 0 aliphatic carbocycles. The minimum absolute atomic E-state index is 0.0859. The summed E-state index contributed by atoms with van der Waals surface area (Å²) in [5.74, 6) is 0.384. The number of aliphatic hydroxyl groups excluding tert-OH is 1. The van der Waals surface area contributed by atoms with Crippen molar-refractivity contribution in [2.45, 2.75) is 31.0 Å². The number of amides is 1. The summed E-state index contributed by atoms with van der Waals surface area (Å²) in [6, 6.07) is 28.8. The summed E-state index contributed by atoms with van der Waals surface area (Å²) in [6.07, 6.45) is 0.397. The molecule has 1 amide bonds. The molecule has 3 atom stereocenters. The summed E-state index contributed by atoms with van der Waals surface area (Å²) in [7, 11) is 0. The van der Waals surface area contributed by atoms with Gasteiger partial charge in [-0.2, -0.15) is 0 Å². The second-order valence-corrected chi connectivity index (χ2v) is 8.23. The van der Waals surface area contributed by atoms with Crippen LogP contribution in [0.25, 0.3) is 0 Å². The third-order valence-electron chi connectivity index (χ3n) is 6.53. The average molecular weight is 399 g/mol. The predicted molar refractivity (Wildman–Crippen MR) is 118 cm³/mol. The number of hydrogen-bond donors (Lipinski definition) is 1. The van der Waals surface area contributed by atoms with E-state index < -0.39 is 0 Å². The Morgan fingerprint density at radius 3 is 2.20 bits per heavy atom. The summed E-state index contributed by atoms with van der Waals surface area (Å²) in [5.41, 5.74) is 4.44. The van der Waals surface area contributed by atoms with Gasteiger partial charge in [-0.05, 0) is 22.8 Å². The molecule has 4 nitrogen and oxygen atoms in total. The van der Waals surface area contributed by atoms with Gasteiger partial charge in [0.25, 0.3) is 0 Å². The first-order valence-electron chi connectivity index (χ1n) is 10.6. The molecule has 0 aromatic heterocycles. The molecule has 2 aliphatic heterocycles. The van der Waals surface area contributed by atoms with Crippen molar-refractivity contribution >= 4 is 11.6 Å². The van der Waals surface area contributed by atoms with Gasteiger partial charge in [0, 0.05) is 36.8 Å². The Balaban J connectivity index is 1.44. The molecule has 0 spiro atoms. The minimum atomic E-state index is 0.0859. The highest BCUT2D eigenvalue weighted by Crippen LogP contribution is 2.48. The molecule has 3 aromatic carbocycles. The molecule has 152 valence electrons. The summed E-state index contributed by atoms with van der Waals surface area (Å²) in [6.45, 7) is 1.58. The average Bonchev–Trinajstić information content (AvgIpc) is 2.79. The van der Waals surface area contributed by atoms with E-state index in [1.807, 2.05) is 71.6 Å². The molecule has 2 aliphatic rings. The Labute approximate surface area is 177 Å². The molecule has 0 bridgehead atoms. The summed E-state index contributed by atoms with van der Waals surface area (Å²) in [4.78, 5) is 17.6. The first kappa shape index (κ1) is 19.0. The molecule has 0 radical (unpaired) electrons. The van der Waals surface area contributed by atoms with Crippen molar-refractivity contribution in [1.82, 2.24) is 4.90 Å². The van der Waals surface area contributed by atoms with Gasteiger partial charge in [0.15, 0.2) is 0 Å². The number of hydrogen-bond acceptors (Lipinski definition) is 3. The van der Waals surface area contributed by atoms with Crippen LogP contribution < -0.4 is 4.90 Å². The standard InChI is InChI=1S/C26H26N2O2/c29-18-24-26-21-13-7-8-14-22(21)28(25(30)15-19-9-3-1-4-10-19)17-23(26)27(24)16-20-11-5-2-6-12-20/h1-14,23-24,26,29H,15-18H2/t23-,24+,26+/m1/s1. The monoisotopic (exact) mass is 398 g/mol. The second kappa shape index (κ2) is 8.05. The lowest BCUT2D eigenvalue weighted by molar-refractivity contribution is -0.119. The lowest BCUT2D eigenvalue weighted by Gasteiger charge is -2.59. The fourth-order valence-electron chi connectivity index (χ4n) is 5.10. The number of para-hydroxylation sites is 1. The van der Waals surface area contributed by atoms with Crippen LogP contribution in [0.5, 0.6) is 0 Å². The fraction of sp³-hybridized carbons (Fsp3) is 0.269. The van der Waals surface area contributed by atoms with E-state index in [9.17, 15) is 9.90 Å². The van der Waals surface area contributed by atoms with Crippen LogP contribution in [0.3, 0.4) is 0 Å². The predicted octanol–water partition coefficient (Wildman–Crippen LogP) is 3.60. The SMILES string of the molecule is O=C(Cc1ccccc1)N1C[C@@H]2[C@H](c3ccccc31)[C@H](CO)N2Cc1ccccc1. The molecular formula is C26H26N2O2. The minimum Gasteiger partial charge on any atom is -0.395 e. The molecular weight excluding hydrogens is 372 g/mol. The van der Waals surface area contributed by atoms with Gasteiger partial charge in [-0.1, -0.05) is 78.9 Å². The smallest absolute Gasteiger partial charge is 0.231 e. The van der Waals surface area contributed by atoms with Gasteiger partial charge in [0.1, 0.15) is 0 Å². The number of carbonyl (C=O) groups excluding carboxylic acids is 1. The van der Waals surface area contributed by atoms with E-state index in [4.69, 9.17) is 0 Å². The number of carbonyl (C=O) groups is 1. The highest BCUT2D eigenvalue weighted by Gasteiger charge is 2.52. The lowest BCUT2D eigenvalue weighted by atomic mass is 9.71. The van der Waals surface area contributed by atoms with Crippen LogP contribution in [0.1, 0.15) is 22.6 Å². The van der Waals surface area contributed by atoms with Crippen molar-refractivity contribution in [3.63, 3.8) is 0 Å². The zero-order valence-corrected chi connectivity index (χ0v) is 16.9. The topological polar surface area (TPSA) is 43.8 Å². The van der Waals surface area contributed by atoms with Gasteiger partial charge < -0.3 is 10.0 Å². The van der Waals surface area contributed by atoms with Crippen molar-refractivity contribution in [2.24, 2.45) is 0 Å². The van der Waals surface area contributed by atoms with Crippen molar-refractivity contribution in [1.29, 1.82) is 0 Å². The molecule has 3 aromatic rings. The van der Waals surface area contributed by atoms with E-state index in [-0.39, 0.29) is 30.5 Å². The van der Waals surface area contributed by atoms with Gasteiger partial charge in [-0.25, -0.2) is 0 Å². The Bertz CT molecular complexity index is 1020. The molecule has 1 fully saturated rings. The number of fused-ring (bicyclic) bond motifs is 3. The zero-order chi connectivity index (χ0) is 20.5. The summed E-state index contributed by atoms with van der Waals surface area (Å²) in [5, 5.41) is 10.1. The van der Waals surface area contributed by atoms with E-state index in [2.05, 4.69) is 23.1 Å². The number of aliphatic hydroxyl groups is 1. The number of benzene rings is 3. The highest BCUT2D eigenvalue weighted by atomic mass is 16.3. The maximum atomic E-state index is 13.3. The molecule has 4 heteroatoms. The molecule has 2 heterocycles. The second-order valence-electron chi connectivity index (χ2n) is 8.23. The van der Waals surface area contributed by atoms with Crippen LogP contribution in [0, 0.1) is 0 Å². The summed E-state index contributed by atoms with van der Waals surface area (Å²) < 4.78 is 0. The maximum Gasteiger partial charge on any atom is 0.231 e. The quantitative estimate of drug-likeness (QED) is 0.714. The number of rotatable bonds is 5. The van der Waals surface area contributed by atoms with Crippen LogP contribution >= 0.6 is 0 Å². The Kier molecular flexibility index (Phi) is 5.11. The summed E-state index contributed by atoms with van der Waals surface area (Å²) >= 11 is 0.